The highest BCUT2D eigenvalue weighted by Crippen LogP contribution is 2.28. The summed E-state index contributed by atoms with van der Waals surface area (Å²) >= 11 is 0. The average molecular weight is 425 g/mol. The van der Waals surface area contributed by atoms with E-state index >= 15 is 0 Å². The second-order valence-corrected chi connectivity index (χ2v) is 7.17. The van der Waals surface area contributed by atoms with Gasteiger partial charge in [0.05, 0.1) is 12.2 Å². The average Bonchev–Trinajstić information content (AvgIpc) is 2.73. The van der Waals surface area contributed by atoms with E-state index in [1.54, 1.807) is 24.1 Å². The Kier molecular flexibility index (Phi) is 6.28. The molecule has 162 valence electrons. The van der Waals surface area contributed by atoms with E-state index in [1.807, 2.05) is 6.92 Å². The summed E-state index contributed by atoms with van der Waals surface area (Å²) < 4.78 is 43.2. The van der Waals surface area contributed by atoms with Crippen molar-refractivity contribution in [2.75, 3.05) is 37.7 Å². The standard InChI is InChI=1S/C19H22F3N5O3/c1-12-7-14(8-23-16(12)28)13(2)11-30-18(29)27-5-3-26(4-6-27)17-24-9-15(10-25-17)19(20,21)22/h7-10,13H,3-6,11H2,1-2H3,(H,23,28)/t13-/m0/s1. The van der Waals surface area contributed by atoms with Gasteiger partial charge in [-0.3, -0.25) is 4.79 Å². The van der Waals surface area contributed by atoms with E-state index in [4.69, 9.17) is 4.74 Å². The summed E-state index contributed by atoms with van der Waals surface area (Å²) in [6, 6.07) is 1.76. The molecule has 1 aliphatic heterocycles. The first-order valence-corrected chi connectivity index (χ1v) is 9.40. The van der Waals surface area contributed by atoms with Crippen molar-refractivity contribution in [3.05, 3.63) is 51.7 Å². The second-order valence-electron chi connectivity index (χ2n) is 7.17. The molecular formula is C19H22F3N5O3. The van der Waals surface area contributed by atoms with Crippen LogP contribution in [-0.2, 0) is 10.9 Å². The van der Waals surface area contributed by atoms with Crippen LogP contribution in [0.3, 0.4) is 0 Å². The number of aryl methyl sites for hydroxylation is 1. The molecule has 1 amide bonds. The van der Waals surface area contributed by atoms with E-state index in [1.165, 1.54) is 4.90 Å². The number of nitrogens with zero attached hydrogens (tertiary/aromatic N) is 4. The lowest BCUT2D eigenvalue weighted by molar-refractivity contribution is -0.138. The first-order chi connectivity index (χ1) is 14.1. The van der Waals surface area contributed by atoms with Gasteiger partial charge in [-0.25, -0.2) is 14.8 Å². The summed E-state index contributed by atoms with van der Waals surface area (Å²) in [6.45, 7) is 5.21. The number of carbonyl (C=O) groups is 1. The maximum atomic E-state index is 12.6. The van der Waals surface area contributed by atoms with Crippen LogP contribution < -0.4 is 10.5 Å². The molecule has 0 saturated carbocycles. The van der Waals surface area contributed by atoms with Crippen LogP contribution in [0.2, 0.25) is 0 Å². The van der Waals surface area contributed by atoms with Crippen LogP contribution in [0.15, 0.2) is 29.5 Å². The minimum absolute atomic E-state index is 0.0914. The molecule has 8 nitrogen and oxygen atoms in total. The zero-order chi connectivity index (χ0) is 21.9. The number of H-pyrrole nitrogens is 1. The number of aromatic nitrogens is 3. The topological polar surface area (TPSA) is 91.4 Å². The Balaban J connectivity index is 1.49. The molecule has 0 bridgehead atoms. The predicted molar refractivity (Wildman–Crippen MR) is 102 cm³/mol. The van der Waals surface area contributed by atoms with E-state index in [0.29, 0.717) is 31.7 Å². The third kappa shape index (κ3) is 5.08. The van der Waals surface area contributed by atoms with Crippen molar-refractivity contribution >= 4 is 12.0 Å². The fourth-order valence-electron chi connectivity index (χ4n) is 3.01. The summed E-state index contributed by atoms with van der Waals surface area (Å²) in [4.78, 5) is 37.2. The molecule has 0 unspecified atom stereocenters. The SMILES string of the molecule is Cc1cc([C@@H](C)COC(=O)N2CCN(c3ncc(C(F)(F)F)cn3)CC2)c[nH]c1=O. The first-order valence-electron chi connectivity index (χ1n) is 9.40. The number of hydrogen-bond acceptors (Lipinski definition) is 6. The molecule has 0 aromatic carbocycles. The van der Waals surface area contributed by atoms with Crippen molar-refractivity contribution in [3.8, 4) is 0 Å². The summed E-state index contributed by atoms with van der Waals surface area (Å²) in [5.41, 5.74) is 0.398. The molecule has 0 aliphatic carbocycles. The number of pyridine rings is 1. The van der Waals surface area contributed by atoms with Crippen LogP contribution >= 0.6 is 0 Å². The number of anilines is 1. The van der Waals surface area contributed by atoms with E-state index < -0.39 is 17.8 Å². The van der Waals surface area contributed by atoms with E-state index in [0.717, 1.165) is 18.0 Å². The number of amides is 1. The Bertz CT molecular complexity index is 938. The van der Waals surface area contributed by atoms with Crippen molar-refractivity contribution in [3.63, 3.8) is 0 Å². The highest BCUT2D eigenvalue weighted by molar-refractivity contribution is 5.68. The molecule has 0 spiro atoms. The van der Waals surface area contributed by atoms with Gasteiger partial charge in [0.15, 0.2) is 0 Å². The van der Waals surface area contributed by atoms with E-state index in [2.05, 4.69) is 15.0 Å². The van der Waals surface area contributed by atoms with Crippen molar-refractivity contribution in [2.45, 2.75) is 25.9 Å². The molecule has 1 atom stereocenters. The van der Waals surface area contributed by atoms with Gasteiger partial charge in [0.25, 0.3) is 5.56 Å². The lowest BCUT2D eigenvalue weighted by Crippen LogP contribution is -2.49. The Morgan fingerprint density at radius 1 is 1.23 bits per heavy atom. The Labute approximate surface area is 170 Å². The van der Waals surface area contributed by atoms with Gasteiger partial charge in [-0.15, -0.1) is 0 Å². The molecule has 1 fully saturated rings. The molecule has 3 heterocycles. The Hall–Kier alpha value is -3.11. The number of ether oxygens (including phenoxy) is 1. The second kappa shape index (κ2) is 8.72. The number of hydrogen-bond donors (Lipinski definition) is 1. The maximum absolute atomic E-state index is 12.6. The quantitative estimate of drug-likeness (QED) is 0.810. The number of alkyl halides is 3. The van der Waals surface area contributed by atoms with Gasteiger partial charge in [0.1, 0.15) is 0 Å². The maximum Gasteiger partial charge on any atom is 0.419 e. The van der Waals surface area contributed by atoms with E-state index in [9.17, 15) is 22.8 Å². The molecule has 1 saturated heterocycles. The van der Waals surface area contributed by atoms with Crippen LogP contribution in [0.1, 0.15) is 29.5 Å². The Morgan fingerprint density at radius 2 is 1.87 bits per heavy atom. The highest BCUT2D eigenvalue weighted by atomic mass is 19.4. The molecule has 0 radical (unpaired) electrons. The number of piperazine rings is 1. The van der Waals surface area contributed by atoms with Crippen LogP contribution in [-0.4, -0.2) is 58.7 Å². The van der Waals surface area contributed by atoms with Gasteiger partial charge in [0, 0.05) is 56.3 Å². The minimum atomic E-state index is -4.48. The molecule has 11 heteroatoms. The van der Waals surface area contributed by atoms with Crippen LogP contribution in [0.5, 0.6) is 0 Å². The number of halogens is 3. The van der Waals surface area contributed by atoms with Crippen molar-refractivity contribution in [1.29, 1.82) is 0 Å². The largest absolute Gasteiger partial charge is 0.449 e. The molecule has 1 aliphatic rings. The van der Waals surface area contributed by atoms with Crippen molar-refractivity contribution in [2.24, 2.45) is 0 Å². The first kappa shape index (κ1) is 21.6. The van der Waals surface area contributed by atoms with Gasteiger partial charge in [0.2, 0.25) is 5.95 Å². The zero-order valence-electron chi connectivity index (χ0n) is 16.6. The Morgan fingerprint density at radius 3 is 2.43 bits per heavy atom. The van der Waals surface area contributed by atoms with E-state index in [-0.39, 0.29) is 24.0 Å². The number of carbonyl (C=O) groups excluding carboxylic acids is 1. The van der Waals surface area contributed by atoms with Gasteiger partial charge in [-0.1, -0.05) is 6.92 Å². The minimum Gasteiger partial charge on any atom is -0.449 e. The van der Waals surface area contributed by atoms with Gasteiger partial charge < -0.3 is 19.5 Å². The molecule has 3 rings (SSSR count). The highest BCUT2D eigenvalue weighted by Gasteiger charge is 2.32. The lowest BCUT2D eigenvalue weighted by atomic mass is 10.0. The zero-order valence-corrected chi connectivity index (χ0v) is 16.6. The fraction of sp³-hybridized carbons (Fsp3) is 0.474. The third-order valence-electron chi connectivity index (χ3n) is 4.92. The molecule has 1 N–H and O–H groups in total. The fourth-order valence-corrected chi connectivity index (χ4v) is 3.01. The third-order valence-corrected chi connectivity index (χ3v) is 4.92. The van der Waals surface area contributed by atoms with Crippen LogP contribution in [0.4, 0.5) is 23.9 Å². The summed E-state index contributed by atoms with van der Waals surface area (Å²) in [5, 5.41) is 0. The number of nitrogens with one attached hydrogen (secondary N) is 1. The van der Waals surface area contributed by atoms with Gasteiger partial charge in [-0.05, 0) is 18.6 Å². The normalized spacial score (nSPS) is 15.8. The molecular weight excluding hydrogens is 403 g/mol. The van der Waals surface area contributed by atoms with Gasteiger partial charge in [-0.2, -0.15) is 13.2 Å². The van der Waals surface area contributed by atoms with Crippen molar-refractivity contribution in [1.82, 2.24) is 19.9 Å². The lowest BCUT2D eigenvalue weighted by Gasteiger charge is -2.34. The molecule has 2 aromatic rings. The van der Waals surface area contributed by atoms with Crippen LogP contribution in [0, 0.1) is 6.92 Å². The number of aromatic amines is 1. The summed E-state index contributed by atoms with van der Waals surface area (Å²) in [7, 11) is 0. The monoisotopic (exact) mass is 425 g/mol. The predicted octanol–water partition coefficient (Wildman–Crippen LogP) is 2.55. The molecule has 30 heavy (non-hydrogen) atoms. The summed E-state index contributed by atoms with van der Waals surface area (Å²) in [6.07, 6.45) is -1.83. The smallest absolute Gasteiger partial charge is 0.419 e. The van der Waals surface area contributed by atoms with Crippen LogP contribution in [0.25, 0.3) is 0 Å². The van der Waals surface area contributed by atoms with Gasteiger partial charge >= 0.3 is 12.3 Å². The summed E-state index contributed by atoms with van der Waals surface area (Å²) in [5.74, 6) is 0.101. The number of rotatable bonds is 4. The molecule has 2 aromatic heterocycles. The van der Waals surface area contributed by atoms with Crippen molar-refractivity contribution < 1.29 is 22.7 Å².